The predicted molar refractivity (Wildman–Crippen MR) is 101 cm³/mol. The molecular weight excluding hydrogens is 360 g/mol. The van der Waals surface area contributed by atoms with Gasteiger partial charge in [0, 0.05) is 25.4 Å². The van der Waals surface area contributed by atoms with Crippen LogP contribution in [-0.2, 0) is 24.3 Å². The van der Waals surface area contributed by atoms with Crippen LogP contribution in [0, 0.1) is 0 Å². The molecule has 0 unspecified atom stereocenters. The molecule has 3 heterocycles. The van der Waals surface area contributed by atoms with Crippen LogP contribution in [-0.4, -0.2) is 41.8 Å². The van der Waals surface area contributed by atoms with Crippen LogP contribution in [0.3, 0.4) is 0 Å². The Hall–Kier alpha value is -2.45. The first-order valence-electron chi connectivity index (χ1n) is 10.4. The molecule has 9 nitrogen and oxygen atoms in total. The Morgan fingerprint density at radius 1 is 1.25 bits per heavy atom. The van der Waals surface area contributed by atoms with Crippen LogP contribution < -0.4 is 5.69 Å². The standard InChI is InChI=1S/C19H28N6O3/c1-3-5-8-15-21-25(19(27)23(15)4-2)12-16(26)24-11-6-7-14(24)18-20-17(22-28-18)13-9-10-13/h13-14H,3-12H2,1-2H3/t14-/m1/s1. The van der Waals surface area contributed by atoms with Gasteiger partial charge in [-0.1, -0.05) is 18.5 Å². The number of hydrogen-bond donors (Lipinski definition) is 0. The molecule has 1 aliphatic heterocycles. The van der Waals surface area contributed by atoms with E-state index >= 15 is 0 Å². The fourth-order valence-corrected chi connectivity index (χ4v) is 3.86. The largest absolute Gasteiger partial charge is 0.346 e. The first-order valence-corrected chi connectivity index (χ1v) is 10.4. The molecule has 2 fully saturated rings. The van der Waals surface area contributed by atoms with Crippen LogP contribution in [0.2, 0.25) is 0 Å². The van der Waals surface area contributed by atoms with Gasteiger partial charge in [0.1, 0.15) is 18.4 Å². The lowest BCUT2D eigenvalue weighted by atomic mass is 10.2. The number of aryl methyl sites for hydroxylation is 1. The topological polar surface area (TPSA) is 99.1 Å². The maximum Gasteiger partial charge on any atom is 0.346 e. The highest BCUT2D eigenvalue weighted by molar-refractivity contribution is 5.76. The smallest absolute Gasteiger partial charge is 0.337 e. The van der Waals surface area contributed by atoms with Gasteiger partial charge in [-0.25, -0.2) is 9.48 Å². The molecule has 0 bridgehead atoms. The van der Waals surface area contributed by atoms with Crippen molar-refractivity contribution in [3.8, 4) is 0 Å². The van der Waals surface area contributed by atoms with Gasteiger partial charge < -0.3 is 9.42 Å². The summed E-state index contributed by atoms with van der Waals surface area (Å²) in [4.78, 5) is 31.9. The number of likely N-dealkylation sites (tertiary alicyclic amines) is 1. The minimum absolute atomic E-state index is 0.0505. The van der Waals surface area contributed by atoms with E-state index in [0.717, 1.165) is 56.6 Å². The van der Waals surface area contributed by atoms with Crippen molar-refractivity contribution >= 4 is 5.91 Å². The van der Waals surface area contributed by atoms with Gasteiger partial charge in [0.15, 0.2) is 5.82 Å². The molecule has 2 aliphatic rings. The summed E-state index contributed by atoms with van der Waals surface area (Å²) in [6.07, 6.45) is 6.66. The molecule has 2 aromatic heterocycles. The maximum absolute atomic E-state index is 13.0. The SMILES string of the molecule is CCCCc1nn(CC(=O)N2CCC[C@@H]2c2nc(C3CC3)no2)c(=O)n1CC. The Kier molecular flexibility index (Phi) is 5.32. The molecule has 4 rings (SSSR count). The zero-order valence-electron chi connectivity index (χ0n) is 16.6. The lowest BCUT2D eigenvalue weighted by Crippen LogP contribution is -2.37. The van der Waals surface area contributed by atoms with Crippen LogP contribution in [0.25, 0.3) is 0 Å². The number of hydrogen-bond acceptors (Lipinski definition) is 6. The van der Waals surface area contributed by atoms with E-state index in [1.165, 1.54) is 4.68 Å². The minimum Gasteiger partial charge on any atom is -0.337 e. The summed E-state index contributed by atoms with van der Waals surface area (Å²) >= 11 is 0. The van der Waals surface area contributed by atoms with E-state index in [1.807, 2.05) is 6.92 Å². The van der Waals surface area contributed by atoms with E-state index in [1.54, 1.807) is 9.47 Å². The number of aromatic nitrogens is 5. The Morgan fingerprint density at radius 3 is 2.79 bits per heavy atom. The number of nitrogens with zero attached hydrogens (tertiary/aromatic N) is 6. The Balaban J connectivity index is 1.49. The number of carbonyl (C=O) groups excluding carboxylic acids is 1. The number of carbonyl (C=O) groups is 1. The minimum atomic E-state index is -0.216. The average Bonchev–Trinajstić information content (AvgIpc) is 3.12. The zero-order chi connectivity index (χ0) is 19.7. The predicted octanol–water partition coefficient (Wildman–Crippen LogP) is 2.03. The highest BCUT2D eigenvalue weighted by atomic mass is 16.5. The van der Waals surface area contributed by atoms with Gasteiger partial charge in [-0.15, -0.1) is 0 Å². The van der Waals surface area contributed by atoms with Gasteiger partial charge in [0.05, 0.1) is 0 Å². The van der Waals surface area contributed by atoms with Gasteiger partial charge in [-0.2, -0.15) is 10.1 Å². The van der Waals surface area contributed by atoms with Gasteiger partial charge in [-0.05, 0) is 39.0 Å². The molecule has 0 aromatic carbocycles. The van der Waals surface area contributed by atoms with E-state index in [-0.39, 0.29) is 24.2 Å². The monoisotopic (exact) mass is 388 g/mol. The van der Waals surface area contributed by atoms with Crippen molar-refractivity contribution < 1.29 is 9.32 Å². The lowest BCUT2D eigenvalue weighted by molar-refractivity contribution is -0.133. The van der Waals surface area contributed by atoms with Crippen molar-refractivity contribution in [1.82, 2.24) is 29.4 Å². The van der Waals surface area contributed by atoms with Crippen LogP contribution in [0.1, 0.15) is 81.9 Å². The van der Waals surface area contributed by atoms with E-state index < -0.39 is 0 Å². The normalized spacial score (nSPS) is 19.5. The molecule has 2 aromatic rings. The van der Waals surface area contributed by atoms with E-state index in [2.05, 4.69) is 22.2 Å². The van der Waals surface area contributed by atoms with Crippen molar-refractivity contribution in [3.05, 3.63) is 28.0 Å². The second-order valence-electron chi connectivity index (χ2n) is 7.71. The summed E-state index contributed by atoms with van der Waals surface area (Å²) < 4.78 is 8.40. The maximum atomic E-state index is 13.0. The van der Waals surface area contributed by atoms with Crippen LogP contribution in [0.4, 0.5) is 0 Å². The molecule has 152 valence electrons. The second-order valence-corrected chi connectivity index (χ2v) is 7.71. The molecule has 9 heteroatoms. The second kappa shape index (κ2) is 7.89. The summed E-state index contributed by atoms with van der Waals surface area (Å²) in [6.45, 7) is 5.18. The number of unbranched alkanes of at least 4 members (excludes halogenated alkanes) is 1. The van der Waals surface area contributed by atoms with Crippen LogP contribution in [0.5, 0.6) is 0 Å². The highest BCUT2D eigenvalue weighted by Crippen LogP contribution is 2.39. The summed E-state index contributed by atoms with van der Waals surface area (Å²) in [7, 11) is 0. The summed E-state index contributed by atoms with van der Waals surface area (Å²) in [5.74, 6) is 2.32. The molecule has 1 amide bonds. The fourth-order valence-electron chi connectivity index (χ4n) is 3.86. The first-order chi connectivity index (χ1) is 13.6. The molecule has 1 aliphatic carbocycles. The molecule has 1 atom stereocenters. The molecule has 0 radical (unpaired) electrons. The van der Waals surface area contributed by atoms with Crippen molar-refractivity contribution in [2.75, 3.05) is 6.54 Å². The van der Waals surface area contributed by atoms with Gasteiger partial charge in [0.2, 0.25) is 11.8 Å². The molecular formula is C19H28N6O3. The highest BCUT2D eigenvalue weighted by Gasteiger charge is 2.36. The molecule has 0 spiro atoms. The lowest BCUT2D eigenvalue weighted by Gasteiger charge is -2.21. The van der Waals surface area contributed by atoms with Crippen molar-refractivity contribution in [2.45, 2.75) is 83.8 Å². The fraction of sp³-hybridized carbons (Fsp3) is 0.737. The van der Waals surface area contributed by atoms with E-state index in [0.29, 0.717) is 24.9 Å². The van der Waals surface area contributed by atoms with Crippen molar-refractivity contribution in [1.29, 1.82) is 0 Å². The molecule has 28 heavy (non-hydrogen) atoms. The van der Waals surface area contributed by atoms with Crippen LogP contribution in [0.15, 0.2) is 9.32 Å². The van der Waals surface area contributed by atoms with Crippen LogP contribution >= 0.6 is 0 Å². The Bertz CT molecular complexity index is 894. The number of rotatable bonds is 8. The van der Waals surface area contributed by atoms with E-state index in [4.69, 9.17) is 4.52 Å². The van der Waals surface area contributed by atoms with E-state index in [9.17, 15) is 9.59 Å². The van der Waals surface area contributed by atoms with Crippen molar-refractivity contribution in [3.63, 3.8) is 0 Å². The number of amides is 1. The first kappa shape index (κ1) is 18.9. The third-order valence-electron chi connectivity index (χ3n) is 5.61. The molecule has 1 saturated heterocycles. The summed E-state index contributed by atoms with van der Waals surface area (Å²) in [5, 5.41) is 8.51. The third-order valence-corrected chi connectivity index (χ3v) is 5.61. The van der Waals surface area contributed by atoms with Gasteiger partial charge in [0.25, 0.3) is 0 Å². The Morgan fingerprint density at radius 2 is 2.07 bits per heavy atom. The quantitative estimate of drug-likeness (QED) is 0.686. The third kappa shape index (κ3) is 3.62. The Labute approximate surface area is 163 Å². The molecule has 0 N–H and O–H groups in total. The summed E-state index contributed by atoms with van der Waals surface area (Å²) in [5.41, 5.74) is -0.216. The van der Waals surface area contributed by atoms with Gasteiger partial charge >= 0.3 is 5.69 Å². The zero-order valence-corrected chi connectivity index (χ0v) is 16.6. The van der Waals surface area contributed by atoms with Crippen molar-refractivity contribution in [2.24, 2.45) is 0 Å². The average molecular weight is 388 g/mol. The van der Waals surface area contributed by atoms with Gasteiger partial charge in [-0.3, -0.25) is 9.36 Å². The molecule has 1 saturated carbocycles. The summed E-state index contributed by atoms with van der Waals surface area (Å²) in [6, 6.07) is -0.198.